The van der Waals surface area contributed by atoms with Gasteiger partial charge in [-0.3, -0.25) is 0 Å². The number of carbonyl (C=O) groups excluding carboxylic acids is 1. The first kappa shape index (κ1) is 12.6. The highest BCUT2D eigenvalue weighted by atomic mass is 35.5. The topological polar surface area (TPSA) is 41.6 Å². The molecule has 0 aliphatic rings. The maximum absolute atomic E-state index is 11.3. The molecule has 0 heterocycles. The van der Waals surface area contributed by atoms with Gasteiger partial charge in [0.1, 0.15) is 5.75 Å². The van der Waals surface area contributed by atoms with E-state index in [2.05, 4.69) is 5.32 Å². The Bertz CT molecular complexity index is 382. The van der Waals surface area contributed by atoms with Crippen LogP contribution in [-0.2, 0) is 6.54 Å². The van der Waals surface area contributed by atoms with Crippen LogP contribution in [0, 0.1) is 0 Å². The number of rotatable bonds is 3. The highest BCUT2D eigenvalue weighted by Gasteiger charge is 2.08. The number of carbonyl (C=O) groups is 1. The number of amides is 2. The van der Waals surface area contributed by atoms with Gasteiger partial charge < -0.3 is 15.0 Å². The van der Waals surface area contributed by atoms with Crippen molar-refractivity contribution in [1.29, 1.82) is 0 Å². The molecule has 0 saturated heterocycles. The third-order valence-electron chi connectivity index (χ3n) is 2.20. The molecule has 0 bridgehead atoms. The number of hydrogen-bond acceptors (Lipinski definition) is 2. The van der Waals surface area contributed by atoms with Gasteiger partial charge in [0.05, 0.1) is 12.1 Å². The maximum Gasteiger partial charge on any atom is 0.317 e. The van der Waals surface area contributed by atoms with Crippen molar-refractivity contribution in [3.05, 3.63) is 28.8 Å². The summed E-state index contributed by atoms with van der Waals surface area (Å²) < 4.78 is 5.05. The zero-order chi connectivity index (χ0) is 12.1. The van der Waals surface area contributed by atoms with Crippen molar-refractivity contribution < 1.29 is 9.53 Å². The van der Waals surface area contributed by atoms with E-state index in [-0.39, 0.29) is 6.03 Å². The van der Waals surface area contributed by atoms with E-state index in [9.17, 15) is 4.79 Å². The molecule has 2 amide bonds. The zero-order valence-corrected chi connectivity index (χ0v) is 10.3. The normalized spacial score (nSPS) is 9.75. The molecule has 0 unspecified atom stereocenters. The van der Waals surface area contributed by atoms with Gasteiger partial charge in [-0.15, -0.1) is 0 Å². The Balaban J connectivity index is 2.75. The molecule has 0 aliphatic carbocycles. The van der Waals surface area contributed by atoms with E-state index in [4.69, 9.17) is 16.3 Å². The van der Waals surface area contributed by atoms with Crippen molar-refractivity contribution in [2.24, 2.45) is 0 Å². The van der Waals surface area contributed by atoms with E-state index in [0.29, 0.717) is 17.3 Å². The van der Waals surface area contributed by atoms with E-state index >= 15 is 0 Å². The number of methoxy groups -OCH3 is 1. The summed E-state index contributed by atoms with van der Waals surface area (Å²) in [5.74, 6) is 0.632. The van der Waals surface area contributed by atoms with Crippen LogP contribution in [0.4, 0.5) is 4.79 Å². The van der Waals surface area contributed by atoms with Gasteiger partial charge in [0.25, 0.3) is 0 Å². The van der Waals surface area contributed by atoms with Crippen LogP contribution in [-0.4, -0.2) is 32.1 Å². The van der Waals surface area contributed by atoms with Crippen molar-refractivity contribution in [2.45, 2.75) is 6.54 Å². The molecule has 0 fully saturated rings. The molecule has 0 spiro atoms. The standard InChI is InChI=1S/C11H15ClN2O2/c1-13-11(15)14(2)7-8-4-5-10(16-3)9(12)6-8/h4-6H,7H2,1-3H3,(H,13,15). The average molecular weight is 243 g/mol. The summed E-state index contributed by atoms with van der Waals surface area (Å²) in [6.07, 6.45) is 0. The molecule has 1 aromatic carbocycles. The van der Waals surface area contributed by atoms with E-state index in [1.165, 1.54) is 0 Å². The lowest BCUT2D eigenvalue weighted by Gasteiger charge is -2.16. The molecule has 4 nitrogen and oxygen atoms in total. The van der Waals surface area contributed by atoms with E-state index in [1.54, 1.807) is 38.2 Å². The number of benzene rings is 1. The molecule has 16 heavy (non-hydrogen) atoms. The number of urea groups is 1. The predicted molar refractivity (Wildman–Crippen MR) is 63.9 cm³/mol. The monoisotopic (exact) mass is 242 g/mol. The predicted octanol–water partition coefficient (Wildman–Crippen LogP) is 2.12. The molecule has 1 aromatic rings. The van der Waals surface area contributed by atoms with E-state index in [1.807, 2.05) is 6.07 Å². The molecule has 5 heteroatoms. The highest BCUT2D eigenvalue weighted by molar-refractivity contribution is 6.32. The van der Waals surface area contributed by atoms with Crippen molar-refractivity contribution in [1.82, 2.24) is 10.2 Å². The molecule has 0 radical (unpaired) electrons. The summed E-state index contributed by atoms with van der Waals surface area (Å²) in [7, 11) is 4.88. The van der Waals surface area contributed by atoms with Gasteiger partial charge in [0.15, 0.2) is 0 Å². The third kappa shape index (κ3) is 3.03. The first-order valence-corrected chi connectivity index (χ1v) is 5.21. The molecule has 0 atom stereocenters. The molecule has 0 aromatic heterocycles. The summed E-state index contributed by atoms with van der Waals surface area (Å²) in [6.45, 7) is 0.503. The van der Waals surface area contributed by atoms with Crippen LogP contribution in [0.15, 0.2) is 18.2 Å². The van der Waals surface area contributed by atoms with Crippen LogP contribution < -0.4 is 10.1 Å². The second-order valence-electron chi connectivity index (χ2n) is 3.38. The lowest BCUT2D eigenvalue weighted by atomic mass is 10.2. The summed E-state index contributed by atoms with van der Waals surface area (Å²) in [5.41, 5.74) is 0.955. The molecule has 1 rings (SSSR count). The second kappa shape index (κ2) is 5.61. The van der Waals surface area contributed by atoms with Gasteiger partial charge in [-0.2, -0.15) is 0 Å². The van der Waals surface area contributed by atoms with Crippen LogP contribution in [0.5, 0.6) is 5.75 Å². The summed E-state index contributed by atoms with van der Waals surface area (Å²) in [4.78, 5) is 12.8. The van der Waals surface area contributed by atoms with Crippen LogP contribution in [0.2, 0.25) is 5.02 Å². The van der Waals surface area contributed by atoms with Crippen LogP contribution in [0.1, 0.15) is 5.56 Å². The number of hydrogen-bond donors (Lipinski definition) is 1. The third-order valence-corrected chi connectivity index (χ3v) is 2.49. The fourth-order valence-corrected chi connectivity index (χ4v) is 1.63. The second-order valence-corrected chi connectivity index (χ2v) is 3.79. The van der Waals surface area contributed by atoms with Crippen molar-refractivity contribution >= 4 is 17.6 Å². The lowest BCUT2D eigenvalue weighted by Crippen LogP contribution is -2.34. The van der Waals surface area contributed by atoms with Gasteiger partial charge in [-0.25, -0.2) is 4.79 Å². The van der Waals surface area contributed by atoms with Crippen molar-refractivity contribution in [3.63, 3.8) is 0 Å². The minimum absolute atomic E-state index is 0.132. The first-order chi connectivity index (χ1) is 7.58. The minimum Gasteiger partial charge on any atom is -0.495 e. The molecule has 1 N–H and O–H groups in total. The number of nitrogens with zero attached hydrogens (tertiary/aromatic N) is 1. The van der Waals surface area contributed by atoms with E-state index < -0.39 is 0 Å². The number of ether oxygens (including phenoxy) is 1. The Hall–Kier alpha value is -1.42. The molecular weight excluding hydrogens is 228 g/mol. The van der Waals surface area contributed by atoms with Crippen LogP contribution in [0.3, 0.4) is 0 Å². The largest absolute Gasteiger partial charge is 0.495 e. The smallest absolute Gasteiger partial charge is 0.317 e. The minimum atomic E-state index is -0.132. The number of nitrogens with one attached hydrogen (secondary N) is 1. The Morgan fingerprint density at radius 3 is 2.75 bits per heavy atom. The average Bonchev–Trinajstić information content (AvgIpc) is 2.28. The summed E-state index contributed by atoms with van der Waals surface area (Å²) in [5, 5.41) is 3.10. The Kier molecular flexibility index (Phi) is 4.43. The zero-order valence-electron chi connectivity index (χ0n) is 9.58. The Morgan fingerprint density at radius 1 is 1.56 bits per heavy atom. The fraction of sp³-hybridized carbons (Fsp3) is 0.364. The van der Waals surface area contributed by atoms with E-state index in [0.717, 1.165) is 5.56 Å². The summed E-state index contributed by atoms with van der Waals surface area (Å²) >= 11 is 5.98. The fourth-order valence-electron chi connectivity index (χ4n) is 1.34. The van der Waals surface area contributed by atoms with Gasteiger partial charge >= 0.3 is 6.03 Å². The van der Waals surface area contributed by atoms with Gasteiger partial charge in [0.2, 0.25) is 0 Å². The van der Waals surface area contributed by atoms with Crippen LogP contribution >= 0.6 is 11.6 Å². The molecular formula is C11H15ClN2O2. The first-order valence-electron chi connectivity index (χ1n) is 4.83. The van der Waals surface area contributed by atoms with Crippen LogP contribution in [0.25, 0.3) is 0 Å². The molecule has 88 valence electrons. The maximum atomic E-state index is 11.3. The highest BCUT2D eigenvalue weighted by Crippen LogP contribution is 2.25. The van der Waals surface area contributed by atoms with Gasteiger partial charge in [-0.1, -0.05) is 17.7 Å². The quantitative estimate of drug-likeness (QED) is 0.882. The van der Waals surface area contributed by atoms with Gasteiger partial charge in [-0.05, 0) is 17.7 Å². The Morgan fingerprint density at radius 2 is 2.25 bits per heavy atom. The molecule has 0 aliphatic heterocycles. The van der Waals surface area contributed by atoms with Crippen molar-refractivity contribution in [2.75, 3.05) is 21.2 Å². The van der Waals surface area contributed by atoms with Crippen molar-refractivity contribution in [3.8, 4) is 5.75 Å². The lowest BCUT2D eigenvalue weighted by molar-refractivity contribution is 0.209. The number of halogens is 1. The summed E-state index contributed by atoms with van der Waals surface area (Å²) in [6, 6.07) is 5.33. The Labute approximate surface area is 100 Å². The SMILES string of the molecule is CNC(=O)N(C)Cc1ccc(OC)c(Cl)c1. The molecule has 0 saturated carbocycles. The van der Waals surface area contributed by atoms with Gasteiger partial charge in [0, 0.05) is 20.6 Å².